The molecule has 0 spiro atoms. The van der Waals surface area contributed by atoms with Gasteiger partial charge in [-0.05, 0) is 50.6 Å². The van der Waals surface area contributed by atoms with E-state index >= 15 is 0 Å². The number of carbonyl (C=O) groups is 1. The molecule has 1 aromatic carbocycles. The second-order valence-electron chi connectivity index (χ2n) is 6.95. The van der Waals surface area contributed by atoms with Crippen LogP contribution in [0.3, 0.4) is 0 Å². The third kappa shape index (κ3) is 3.15. The third-order valence-electron chi connectivity index (χ3n) is 5.20. The van der Waals surface area contributed by atoms with Crippen molar-refractivity contribution in [2.45, 2.75) is 42.0 Å². The summed E-state index contributed by atoms with van der Waals surface area (Å²) in [5, 5.41) is 3.20. The van der Waals surface area contributed by atoms with Crippen molar-refractivity contribution in [3.8, 4) is 0 Å². The van der Waals surface area contributed by atoms with Crippen LogP contribution in [0, 0.1) is 0 Å². The molecule has 1 saturated carbocycles. The average Bonchev–Trinajstić information content (AvgIpc) is 2.82. The van der Waals surface area contributed by atoms with Crippen molar-refractivity contribution in [2.75, 3.05) is 26.4 Å². The van der Waals surface area contributed by atoms with Crippen LogP contribution in [-0.4, -0.2) is 51.7 Å². The molecule has 1 saturated heterocycles. The van der Waals surface area contributed by atoms with E-state index in [1.54, 1.807) is 24.3 Å². The van der Waals surface area contributed by atoms with E-state index in [-0.39, 0.29) is 11.9 Å². The van der Waals surface area contributed by atoms with E-state index < -0.39 is 15.3 Å². The Balaban J connectivity index is 1.79. The molecule has 1 amide bonds. The first-order valence-electron chi connectivity index (χ1n) is 8.11. The summed E-state index contributed by atoms with van der Waals surface area (Å²) in [7, 11) is -1.14. The van der Waals surface area contributed by atoms with Crippen LogP contribution in [0.15, 0.2) is 29.2 Å². The van der Waals surface area contributed by atoms with E-state index in [1.807, 2.05) is 0 Å². The first kappa shape index (κ1) is 16.5. The Bertz CT molecular complexity index is 693. The lowest BCUT2D eigenvalue weighted by Crippen LogP contribution is -2.52. The maximum absolute atomic E-state index is 12.8. The fraction of sp³-hybridized carbons (Fsp3) is 0.588. The maximum Gasteiger partial charge on any atom is 0.230 e. The van der Waals surface area contributed by atoms with Crippen molar-refractivity contribution < 1.29 is 13.2 Å². The number of likely N-dealkylation sites (N-methyl/N-ethyl adjacent to an activating group) is 1. The van der Waals surface area contributed by atoms with Gasteiger partial charge in [-0.3, -0.25) is 4.79 Å². The highest BCUT2D eigenvalue weighted by atomic mass is 32.2. The number of likely N-dealkylation sites (tertiary alicyclic amines) is 1. The number of carbonyl (C=O) groups excluding carboxylic acids is 1. The number of nitrogens with one attached hydrogen (secondary N) is 1. The van der Waals surface area contributed by atoms with Gasteiger partial charge in [0, 0.05) is 18.8 Å². The molecule has 1 N–H and O–H groups in total. The smallest absolute Gasteiger partial charge is 0.230 e. The Morgan fingerprint density at radius 2 is 1.91 bits per heavy atom. The quantitative estimate of drug-likeness (QED) is 0.901. The first-order valence-corrected chi connectivity index (χ1v) is 10.0. The van der Waals surface area contributed by atoms with Gasteiger partial charge in [-0.15, -0.1) is 0 Å². The summed E-state index contributed by atoms with van der Waals surface area (Å²) in [6, 6.07) is 7.05. The molecule has 1 heterocycles. The van der Waals surface area contributed by atoms with Crippen LogP contribution in [0.25, 0.3) is 0 Å². The summed E-state index contributed by atoms with van der Waals surface area (Å²) < 4.78 is 23.2. The van der Waals surface area contributed by atoms with E-state index in [9.17, 15) is 13.2 Å². The SMILES string of the molecule is CN1CC[C@@H](NC(=O)C2(c3ccc(S(C)(=O)=O)cc3)CCC2)C1. The van der Waals surface area contributed by atoms with Gasteiger partial charge in [0.1, 0.15) is 0 Å². The Morgan fingerprint density at radius 3 is 2.35 bits per heavy atom. The molecule has 0 unspecified atom stereocenters. The monoisotopic (exact) mass is 336 g/mol. The lowest BCUT2D eigenvalue weighted by atomic mass is 9.63. The molecule has 2 aliphatic rings. The van der Waals surface area contributed by atoms with Crippen molar-refractivity contribution in [3.63, 3.8) is 0 Å². The minimum atomic E-state index is -3.20. The molecule has 0 aromatic heterocycles. The molecular weight excluding hydrogens is 312 g/mol. The molecule has 2 fully saturated rings. The summed E-state index contributed by atoms with van der Waals surface area (Å²) >= 11 is 0. The van der Waals surface area contributed by atoms with E-state index in [1.165, 1.54) is 6.26 Å². The predicted octanol–water partition coefficient (Wildman–Crippen LogP) is 1.33. The molecule has 0 radical (unpaired) electrons. The number of sulfone groups is 1. The van der Waals surface area contributed by atoms with Crippen LogP contribution in [-0.2, 0) is 20.0 Å². The standard InChI is InChI=1S/C17H24N2O3S/c1-19-11-8-14(12-19)18-16(20)17(9-3-10-17)13-4-6-15(7-5-13)23(2,21)22/h4-7,14H,3,8-12H2,1-2H3,(H,18,20)/t14-/m1/s1. The van der Waals surface area contributed by atoms with Crippen LogP contribution in [0.2, 0.25) is 0 Å². The first-order chi connectivity index (χ1) is 10.8. The van der Waals surface area contributed by atoms with E-state index in [4.69, 9.17) is 0 Å². The van der Waals surface area contributed by atoms with Crippen molar-refractivity contribution in [3.05, 3.63) is 29.8 Å². The fourth-order valence-electron chi connectivity index (χ4n) is 3.57. The minimum absolute atomic E-state index is 0.0937. The molecular formula is C17H24N2O3S. The third-order valence-corrected chi connectivity index (χ3v) is 6.33. The highest BCUT2D eigenvalue weighted by Gasteiger charge is 2.46. The number of nitrogens with zero attached hydrogens (tertiary/aromatic N) is 1. The average molecular weight is 336 g/mol. The molecule has 6 heteroatoms. The largest absolute Gasteiger partial charge is 0.351 e. The Morgan fingerprint density at radius 1 is 1.26 bits per heavy atom. The molecule has 23 heavy (non-hydrogen) atoms. The van der Waals surface area contributed by atoms with E-state index in [0.717, 1.165) is 44.3 Å². The second kappa shape index (κ2) is 5.91. The zero-order valence-electron chi connectivity index (χ0n) is 13.7. The van der Waals surface area contributed by atoms with Gasteiger partial charge in [0.05, 0.1) is 10.3 Å². The zero-order valence-corrected chi connectivity index (χ0v) is 14.5. The summed E-state index contributed by atoms with van der Waals surface area (Å²) in [6.45, 7) is 1.91. The lowest BCUT2D eigenvalue weighted by Gasteiger charge is -2.41. The second-order valence-corrected chi connectivity index (χ2v) is 8.97. The minimum Gasteiger partial charge on any atom is -0.351 e. The van der Waals surface area contributed by atoms with Gasteiger partial charge in [-0.1, -0.05) is 18.6 Å². The van der Waals surface area contributed by atoms with Crippen molar-refractivity contribution in [1.82, 2.24) is 10.2 Å². The molecule has 3 rings (SSSR count). The number of rotatable bonds is 4. The Hall–Kier alpha value is -1.40. The Kier molecular flexibility index (Phi) is 4.23. The van der Waals surface area contributed by atoms with Gasteiger partial charge in [0.25, 0.3) is 0 Å². The van der Waals surface area contributed by atoms with Crippen molar-refractivity contribution in [2.24, 2.45) is 0 Å². The van der Waals surface area contributed by atoms with Crippen LogP contribution >= 0.6 is 0 Å². The van der Waals surface area contributed by atoms with Crippen molar-refractivity contribution in [1.29, 1.82) is 0 Å². The van der Waals surface area contributed by atoms with Crippen LogP contribution in [0.5, 0.6) is 0 Å². The number of amides is 1. The summed E-state index contributed by atoms with van der Waals surface area (Å²) in [4.78, 5) is 15.4. The highest BCUT2D eigenvalue weighted by Crippen LogP contribution is 2.44. The van der Waals surface area contributed by atoms with Gasteiger partial charge in [-0.2, -0.15) is 0 Å². The summed E-state index contributed by atoms with van der Waals surface area (Å²) in [6.07, 6.45) is 4.89. The number of benzene rings is 1. The van der Waals surface area contributed by atoms with Crippen LogP contribution in [0.1, 0.15) is 31.2 Å². The summed E-state index contributed by atoms with van der Waals surface area (Å²) in [5.74, 6) is 0.0937. The molecule has 1 aliphatic heterocycles. The maximum atomic E-state index is 12.8. The fourth-order valence-corrected chi connectivity index (χ4v) is 4.21. The molecule has 1 atom stereocenters. The summed E-state index contributed by atoms with van der Waals surface area (Å²) in [5.41, 5.74) is 0.456. The highest BCUT2D eigenvalue weighted by molar-refractivity contribution is 7.90. The molecule has 0 bridgehead atoms. The number of hydrogen-bond acceptors (Lipinski definition) is 4. The van der Waals surface area contributed by atoms with Crippen LogP contribution in [0.4, 0.5) is 0 Å². The molecule has 1 aliphatic carbocycles. The van der Waals surface area contributed by atoms with Gasteiger partial charge in [0.2, 0.25) is 5.91 Å². The van der Waals surface area contributed by atoms with Gasteiger partial charge >= 0.3 is 0 Å². The van der Waals surface area contributed by atoms with Gasteiger partial charge in [-0.25, -0.2) is 8.42 Å². The van der Waals surface area contributed by atoms with Crippen LogP contribution < -0.4 is 5.32 Å². The van der Waals surface area contributed by atoms with Gasteiger partial charge in [0.15, 0.2) is 9.84 Å². The van der Waals surface area contributed by atoms with Gasteiger partial charge < -0.3 is 10.2 Å². The molecule has 126 valence electrons. The van der Waals surface area contributed by atoms with E-state index in [2.05, 4.69) is 17.3 Å². The normalized spacial score (nSPS) is 24.2. The molecule has 1 aromatic rings. The number of hydrogen-bond donors (Lipinski definition) is 1. The van der Waals surface area contributed by atoms with Crippen molar-refractivity contribution >= 4 is 15.7 Å². The topological polar surface area (TPSA) is 66.5 Å². The molecule has 5 nitrogen and oxygen atoms in total. The predicted molar refractivity (Wildman–Crippen MR) is 89.1 cm³/mol. The lowest BCUT2D eigenvalue weighted by molar-refractivity contribution is -0.130. The zero-order chi connectivity index (χ0) is 16.7. The Labute approximate surface area is 138 Å². The van der Waals surface area contributed by atoms with E-state index in [0.29, 0.717) is 4.90 Å².